The third kappa shape index (κ3) is 2.51. The molecule has 0 saturated heterocycles. The van der Waals surface area contributed by atoms with E-state index in [4.69, 9.17) is 0 Å². The van der Waals surface area contributed by atoms with Gasteiger partial charge in [0, 0.05) is 38.5 Å². The molecule has 0 fully saturated rings. The minimum absolute atomic E-state index is 0.567. The second kappa shape index (κ2) is 5.05. The summed E-state index contributed by atoms with van der Waals surface area (Å²) < 4.78 is 0. The van der Waals surface area contributed by atoms with Gasteiger partial charge < -0.3 is 16.0 Å². The molecule has 0 aromatic heterocycles. The molecular formula is C11H22N3+. The Hall–Kier alpha value is -0.960. The lowest BCUT2D eigenvalue weighted by molar-refractivity contribution is -0.376. The molecule has 14 heavy (non-hydrogen) atoms. The van der Waals surface area contributed by atoms with Gasteiger partial charge in [-0.2, -0.15) is 0 Å². The predicted molar refractivity (Wildman–Crippen MR) is 59.4 cm³/mol. The van der Waals surface area contributed by atoms with Gasteiger partial charge in [-0.25, -0.2) is 0 Å². The van der Waals surface area contributed by atoms with Crippen molar-refractivity contribution in [2.24, 2.45) is 5.92 Å². The van der Waals surface area contributed by atoms with Crippen molar-refractivity contribution < 1.29 is 5.73 Å². The Labute approximate surface area is 86.7 Å². The number of rotatable bonds is 4. The van der Waals surface area contributed by atoms with Gasteiger partial charge in [-0.15, -0.1) is 0 Å². The molecule has 1 atom stereocenters. The second-order valence-electron chi connectivity index (χ2n) is 3.89. The highest BCUT2D eigenvalue weighted by molar-refractivity contribution is 5.24. The van der Waals surface area contributed by atoms with Crippen LogP contribution in [0.3, 0.4) is 0 Å². The van der Waals surface area contributed by atoms with Crippen LogP contribution in [-0.2, 0) is 0 Å². The Kier molecular flexibility index (Phi) is 4.01. The summed E-state index contributed by atoms with van der Waals surface area (Å²) in [4.78, 5) is 2.18. The van der Waals surface area contributed by atoms with E-state index >= 15 is 0 Å². The van der Waals surface area contributed by atoms with E-state index in [2.05, 4.69) is 49.1 Å². The smallest absolute Gasteiger partial charge is 0.0827 e. The van der Waals surface area contributed by atoms with Gasteiger partial charge in [-0.1, -0.05) is 0 Å². The SMILES string of the molecule is CCNC1=CC=C(N(C)C)CC1C[NH3+]. The fourth-order valence-electron chi connectivity index (χ4n) is 1.75. The maximum Gasteiger partial charge on any atom is 0.0827 e. The summed E-state index contributed by atoms with van der Waals surface area (Å²) in [5.74, 6) is 0.567. The zero-order valence-corrected chi connectivity index (χ0v) is 9.51. The highest BCUT2D eigenvalue weighted by atomic mass is 15.1. The Morgan fingerprint density at radius 3 is 2.71 bits per heavy atom. The van der Waals surface area contributed by atoms with Crippen molar-refractivity contribution in [2.45, 2.75) is 13.3 Å². The summed E-state index contributed by atoms with van der Waals surface area (Å²) >= 11 is 0. The number of nitrogens with one attached hydrogen (secondary N) is 1. The van der Waals surface area contributed by atoms with Crippen LogP contribution in [0.4, 0.5) is 0 Å². The molecule has 0 bridgehead atoms. The van der Waals surface area contributed by atoms with E-state index in [-0.39, 0.29) is 0 Å². The first-order valence-electron chi connectivity index (χ1n) is 5.30. The number of hydrogen-bond donors (Lipinski definition) is 2. The molecular weight excluding hydrogens is 174 g/mol. The normalized spacial score (nSPS) is 21.3. The molecule has 1 unspecified atom stereocenters. The van der Waals surface area contributed by atoms with Crippen LogP contribution >= 0.6 is 0 Å². The first-order chi connectivity index (χ1) is 6.69. The van der Waals surface area contributed by atoms with Gasteiger partial charge in [0.1, 0.15) is 0 Å². The second-order valence-corrected chi connectivity index (χ2v) is 3.89. The van der Waals surface area contributed by atoms with Crippen LogP contribution in [-0.4, -0.2) is 32.1 Å². The Balaban J connectivity index is 2.73. The third-order valence-corrected chi connectivity index (χ3v) is 2.65. The van der Waals surface area contributed by atoms with Crippen molar-refractivity contribution in [3.05, 3.63) is 23.5 Å². The molecule has 0 spiro atoms. The standard InChI is InChI=1S/C11H21N3/c1-4-13-11-6-5-10(14(2)3)7-9(11)8-12/h5-6,9,13H,4,7-8,12H2,1-3H3/p+1. The molecule has 0 amide bonds. The fourth-order valence-corrected chi connectivity index (χ4v) is 1.75. The maximum absolute atomic E-state index is 4.01. The maximum atomic E-state index is 4.01. The van der Waals surface area contributed by atoms with Crippen molar-refractivity contribution in [3.8, 4) is 0 Å². The zero-order valence-electron chi connectivity index (χ0n) is 9.51. The summed E-state index contributed by atoms with van der Waals surface area (Å²) in [6.07, 6.45) is 5.50. The van der Waals surface area contributed by atoms with Crippen LogP contribution in [0.25, 0.3) is 0 Å². The highest BCUT2D eigenvalue weighted by Crippen LogP contribution is 2.23. The van der Waals surface area contributed by atoms with Gasteiger partial charge in [0.05, 0.1) is 12.5 Å². The van der Waals surface area contributed by atoms with Crippen LogP contribution in [0.2, 0.25) is 0 Å². The molecule has 0 aromatic carbocycles. The van der Waals surface area contributed by atoms with E-state index in [1.54, 1.807) is 0 Å². The van der Waals surface area contributed by atoms with E-state index in [0.717, 1.165) is 19.5 Å². The average molecular weight is 196 g/mol. The highest BCUT2D eigenvalue weighted by Gasteiger charge is 2.19. The molecule has 0 aromatic rings. The molecule has 80 valence electrons. The largest absolute Gasteiger partial charge is 0.388 e. The first-order valence-corrected chi connectivity index (χ1v) is 5.30. The van der Waals surface area contributed by atoms with Gasteiger partial charge in [-0.05, 0) is 19.1 Å². The summed E-state index contributed by atoms with van der Waals surface area (Å²) in [5.41, 5.74) is 6.74. The molecule has 0 heterocycles. The van der Waals surface area contributed by atoms with Crippen LogP contribution in [0.15, 0.2) is 23.5 Å². The minimum atomic E-state index is 0.567. The lowest BCUT2D eigenvalue weighted by Crippen LogP contribution is -2.55. The topological polar surface area (TPSA) is 42.9 Å². The number of nitrogens with zero attached hydrogens (tertiary/aromatic N) is 1. The minimum Gasteiger partial charge on any atom is -0.388 e. The van der Waals surface area contributed by atoms with Gasteiger partial charge in [0.25, 0.3) is 0 Å². The molecule has 0 aliphatic heterocycles. The first kappa shape index (κ1) is 11.1. The molecule has 3 heteroatoms. The number of allylic oxidation sites excluding steroid dienone is 3. The zero-order chi connectivity index (χ0) is 10.6. The van der Waals surface area contributed by atoms with E-state index < -0.39 is 0 Å². The van der Waals surface area contributed by atoms with Crippen LogP contribution < -0.4 is 11.1 Å². The van der Waals surface area contributed by atoms with E-state index in [9.17, 15) is 0 Å². The van der Waals surface area contributed by atoms with E-state index in [1.807, 2.05) is 0 Å². The molecule has 1 aliphatic carbocycles. The summed E-state index contributed by atoms with van der Waals surface area (Å²) in [7, 11) is 4.19. The van der Waals surface area contributed by atoms with Crippen LogP contribution in [0.1, 0.15) is 13.3 Å². The Bertz CT molecular complexity index is 241. The lowest BCUT2D eigenvalue weighted by Gasteiger charge is -2.27. The van der Waals surface area contributed by atoms with Crippen molar-refractivity contribution in [3.63, 3.8) is 0 Å². The number of quaternary nitrogens is 1. The van der Waals surface area contributed by atoms with Crippen molar-refractivity contribution in [2.75, 3.05) is 27.2 Å². The number of hydrogen-bond acceptors (Lipinski definition) is 2. The van der Waals surface area contributed by atoms with Gasteiger partial charge >= 0.3 is 0 Å². The van der Waals surface area contributed by atoms with Gasteiger partial charge in [0.2, 0.25) is 0 Å². The third-order valence-electron chi connectivity index (χ3n) is 2.65. The Morgan fingerprint density at radius 2 is 2.21 bits per heavy atom. The van der Waals surface area contributed by atoms with Crippen LogP contribution in [0, 0.1) is 5.92 Å². The lowest BCUT2D eigenvalue weighted by atomic mass is 9.94. The predicted octanol–water partition coefficient (Wildman–Crippen LogP) is 0.187. The van der Waals surface area contributed by atoms with Crippen molar-refractivity contribution >= 4 is 0 Å². The summed E-state index contributed by atoms with van der Waals surface area (Å²) in [5, 5.41) is 3.40. The van der Waals surface area contributed by atoms with Crippen LogP contribution in [0.5, 0.6) is 0 Å². The molecule has 3 nitrogen and oxygen atoms in total. The molecule has 1 rings (SSSR count). The quantitative estimate of drug-likeness (QED) is 0.674. The molecule has 4 N–H and O–H groups in total. The Morgan fingerprint density at radius 1 is 1.50 bits per heavy atom. The molecule has 0 saturated carbocycles. The monoisotopic (exact) mass is 196 g/mol. The van der Waals surface area contributed by atoms with Crippen molar-refractivity contribution in [1.82, 2.24) is 10.2 Å². The average Bonchev–Trinajstić information content (AvgIpc) is 2.18. The fraction of sp³-hybridized carbons (Fsp3) is 0.636. The van der Waals surface area contributed by atoms with Gasteiger partial charge in [-0.3, -0.25) is 0 Å². The molecule has 0 radical (unpaired) electrons. The van der Waals surface area contributed by atoms with E-state index in [1.165, 1.54) is 11.4 Å². The van der Waals surface area contributed by atoms with E-state index in [0.29, 0.717) is 5.92 Å². The summed E-state index contributed by atoms with van der Waals surface area (Å²) in [6, 6.07) is 0. The van der Waals surface area contributed by atoms with Crippen molar-refractivity contribution in [1.29, 1.82) is 0 Å². The van der Waals surface area contributed by atoms with Gasteiger partial charge in [0.15, 0.2) is 0 Å². The summed E-state index contributed by atoms with van der Waals surface area (Å²) in [6.45, 7) is 4.09. The molecule has 1 aliphatic rings.